The van der Waals surface area contributed by atoms with Crippen LogP contribution in [0.3, 0.4) is 0 Å². The first kappa shape index (κ1) is 12.9. The van der Waals surface area contributed by atoms with E-state index in [1.807, 2.05) is 6.26 Å². The van der Waals surface area contributed by atoms with Crippen LogP contribution in [0.4, 0.5) is 0 Å². The maximum Gasteiger partial charge on any atom is 0.148 e. The molecule has 1 N–H and O–H groups in total. The van der Waals surface area contributed by atoms with Gasteiger partial charge in [-0.1, -0.05) is 0 Å². The Labute approximate surface area is 105 Å². The molecule has 2 aliphatic rings. The summed E-state index contributed by atoms with van der Waals surface area (Å²) in [6.07, 6.45) is 5.28. The summed E-state index contributed by atoms with van der Waals surface area (Å²) in [5.41, 5.74) is 1.18. The molecule has 0 amide bonds. The molecule has 98 valence electrons. The first-order valence-electron chi connectivity index (χ1n) is 6.57. The molecule has 3 nitrogen and oxygen atoms in total. The van der Waals surface area contributed by atoms with Crippen molar-refractivity contribution < 1.29 is 9.47 Å². The molecule has 0 aromatic heterocycles. The molecule has 1 fully saturated rings. The van der Waals surface area contributed by atoms with Gasteiger partial charge in [-0.3, -0.25) is 5.32 Å². The molecule has 17 heavy (non-hydrogen) atoms. The van der Waals surface area contributed by atoms with E-state index in [1.165, 1.54) is 5.57 Å². The Hall–Kier alpha value is -0.540. The topological polar surface area (TPSA) is 30.5 Å². The number of allylic oxidation sites excluding steroid dienone is 1. The molecule has 0 spiro atoms. The van der Waals surface area contributed by atoms with Crippen LogP contribution in [0, 0.1) is 0 Å². The summed E-state index contributed by atoms with van der Waals surface area (Å²) in [6, 6.07) is 0. The highest BCUT2D eigenvalue weighted by Crippen LogP contribution is 2.34. The molecule has 0 saturated carbocycles. The minimum absolute atomic E-state index is 0.0226. The van der Waals surface area contributed by atoms with E-state index in [1.54, 1.807) is 0 Å². The molecule has 0 aromatic carbocycles. The van der Waals surface area contributed by atoms with Gasteiger partial charge in [0.15, 0.2) is 0 Å². The molecule has 3 heteroatoms. The zero-order valence-corrected chi connectivity index (χ0v) is 11.7. The van der Waals surface area contributed by atoms with Crippen molar-refractivity contribution in [2.75, 3.05) is 0 Å². The van der Waals surface area contributed by atoms with Gasteiger partial charge in [0.25, 0.3) is 0 Å². The average molecular weight is 239 g/mol. The number of rotatable bonds is 1. The zero-order chi connectivity index (χ0) is 12.7. The van der Waals surface area contributed by atoms with Crippen LogP contribution in [0.1, 0.15) is 53.9 Å². The Morgan fingerprint density at radius 1 is 1.35 bits per heavy atom. The second-order valence-electron chi connectivity index (χ2n) is 6.45. The molecule has 0 aromatic rings. The van der Waals surface area contributed by atoms with Crippen molar-refractivity contribution in [3.63, 3.8) is 0 Å². The molecule has 2 rings (SSSR count). The summed E-state index contributed by atoms with van der Waals surface area (Å²) < 4.78 is 11.9. The van der Waals surface area contributed by atoms with Crippen LogP contribution in [-0.2, 0) is 9.47 Å². The van der Waals surface area contributed by atoms with E-state index in [0.717, 1.165) is 19.3 Å². The molecule has 0 bridgehead atoms. The van der Waals surface area contributed by atoms with Gasteiger partial charge in [0, 0.05) is 5.54 Å². The second kappa shape index (κ2) is 4.29. The average Bonchev–Trinajstić information content (AvgIpc) is 2.20. The number of ether oxygens (including phenoxy) is 2. The number of hydrogen-bond acceptors (Lipinski definition) is 3. The second-order valence-corrected chi connectivity index (χ2v) is 6.45. The highest BCUT2D eigenvalue weighted by atomic mass is 16.6. The van der Waals surface area contributed by atoms with E-state index in [-0.39, 0.29) is 23.5 Å². The Bertz CT molecular complexity index is 324. The van der Waals surface area contributed by atoms with Gasteiger partial charge < -0.3 is 9.47 Å². The highest BCUT2D eigenvalue weighted by molar-refractivity contribution is 5.04. The van der Waals surface area contributed by atoms with Crippen molar-refractivity contribution in [2.45, 2.75) is 77.4 Å². The van der Waals surface area contributed by atoms with Crippen LogP contribution >= 0.6 is 0 Å². The highest BCUT2D eigenvalue weighted by Gasteiger charge is 2.44. The van der Waals surface area contributed by atoms with Crippen LogP contribution < -0.4 is 5.32 Å². The zero-order valence-electron chi connectivity index (χ0n) is 11.7. The lowest BCUT2D eigenvalue weighted by Crippen LogP contribution is -2.63. The van der Waals surface area contributed by atoms with Crippen LogP contribution in [0.2, 0.25) is 0 Å². The van der Waals surface area contributed by atoms with Crippen molar-refractivity contribution in [3.8, 4) is 0 Å². The van der Waals surface area contributed by atoms with Gasteiger partial charge >= 0.3 is 0 Å². The monoisotopic (exact) mass is 239 g/mol. The smallest absolute Gasteiger partial charge is 0.148 e. The Morgan fingerprint density at radius 3 is 2.59 bits per heavy atom. The predicted octanol–water partition coefficient (Wildman–Crippen LogP) is 2.96. The fourth-order valence-corrected chi connectivity index (χ4v) is 2.73. The fourth-order valence-electron chi connectivity index (χ4n) is 2.73. The molecule has 2 heterocycles. The molecule has 3 atom stereocenters. The first-order chi connectivity index (χ1) is 7.81. The summed E-state index contributed by atoms with van der Waals surface area (Å²) in [7, 11) is 0. The third-order valence-electron chi connectivity index (χ3n) is 3.79. The van der Waals surface area contributed by atoms with E-state index < -0.39 is 0 Å². The molecular formula is C14H25NO2. The van der Waals surface area contributed by atoms with Crippen LogP contribution in [0.15, 0.2) is 11.8 Å². The quantitative estimate of drug-likeness (QED) is 0.763. The first-order valence-corrected chi connectivity index (χ1v) is 6.57. The van der Waals surface area contributed by atoms with E-state index in [9.17, 15) is 0 Å². The van der Waals surface area contributed by atoms with Crippen molar-refractivity contribution in [3.05, 3.63) is 11.8 Å². The minimum atomic E-state index is -0.245. The maximum absolute atomic E-state index is 6.03. The van der Waals surface area contributed by atoms with Gasteiger partial charge in [0.1, 0.15) is 11.8 Å². The lowest BCUT2D eigenvalue weighted by molar-refractivity contribution is -0.183. The largest absolute Gasteiger partial charge is 0.491 e. The SMILES string of the molecule is CC1=COC(C)(C2NC(C)(C)CC(C)O2)CC1. The van der Waals surface area contributed by atoms with Crippen LogP contribution in [0.25, 0.3) is 0 Å². The van der Waals surface area contributed by atoms with Crippen LogP contribution in [-0.4, -0.2) is 23.5 Å². The van der Waals surface area contributed by atoms with Crippen molar-refractivity contribution in [1.82, 2.24) is 5.32 Å². The summed E-state index contributed by atoms with van der Waals surface area (Å²) in [5.74, 6) is 0. The predicted molar refractivity (Wildman–Crippen MR) is 68.6 cm³/mol. The molecule has 1 saturated heterocycles. The molecule has 3 unspecified atom stereocenters. The van der Waals surface area contributed by atoms with Gasteiger partial charge in [0.2, 0.25) is 0 Å². The third-order valence-corrected chi connectivity index (χ3v) is 3.79. The van der Waals surface area contributed by atoms with Crippen LogP contribution in [0.5, 0.6) is 0 Å². The Morgan fingerprint density at radius 2 is 2.06 bits per heavy atom. The fraction of sp³-hybridized carbons (Fsp3) is 0.857. The van der Waals surface area contributed by atoms with E-state index in [2.05, 4.69) is 39.9 Å². The Balaban J connectivity index is 2.11. The summed E-state index contributed by atoms with van der Waals surface area (Å²) in [6.45, 7) is 10.9. The maximum atomic E-state index is 6.03. The molecular weight excluding hydrogens is 214 g/mol. The van der Waals surface area contributed by atoms with E-state index in [0.29, 0.717) is 0 Å². The van der Waals surface area contributed by atoms with Gasteiger partial charge in [-0.25, -0.2) is 0 Å². The van der Waals surface area contributed by atoms with Gasteiger partial charge in [-0.15, -0.1) is 0 Å². The number of hydrogen-bond donors (Lipinski definition) is 1. The summed E-state index contributed by atoms with van der Waals surface area (Å²) in [4.78, 5) is 0. The standard InChI is InChI=1S/C14H25NO2/c1-10-6-7-14(5,16-9-10)12-15-13(3,4)8-11(2)17-12/h9,11-12,15H,6-8H2,1-5H3. The van der Waals surface area contributed by atoms with E-state index >= 15 is 0 Å². The molecule has 2 aliphatic heterocycles. The lowest BCUT2D eigenvalue weighted by atomic mass is 9.88. The van der Waals surface area contributed by atoms with Crippen molar-refractivity contribution in [1.29, 1.82) is 0 Å². The summed E-state index contributed by atoms with van der Waals surface area (Å²) >= 11 is 0. The lowest BCUT2D eigenvalue weighted by Gasteiger charge is -2.48. The van der Waals surface area contributed by atoms with Gasteiger partial charge in [-0.05, 0) is 59.5 Å². The minimum Gasteiger partial charge on any atom is -0.491 e. The van der Waals surface area contributed by atoms with Crippen molar-refractivity contribution in [2.24, 2.45) is 0 Å². The molecule has 0 aliphatic carbocycles. The Kier molecular flexibility index (Phi) is 3.25. The van der Waals surface area contributed by atoms with Gasteiger partial charge in [-0.2, -0.15) is 0 Å². The third kappa shape index (κ3) is 2.83. The van der Waals surface area contributed by atoms with E-state index in [4.69, 9.17) is 9.47 Å². The number of nitrogens with one attached hydrogen (secondary N) is 1. The summed E-state index contributed by atoms with van der Waals surface area (Å²) in [5, 5.41) is 3.57. The van der Waals surface area contributed by atoms with Gasteiger partial charge in [0.05, 0.1) is 12.4 Å². The normalized spacial score (nSPS) is 41.6. The molecule has 0 radical (unpaired) electrons. The van der Waals surface area contributed by atoms with Crippen molar-refractivity contribution >= 4 is 0 Å².